The van der Waals surface area contributed by atoms with Crippen LogP contribution in [-0.4, -0.2) is 31.8 Å². The first-order valence-electron chi connectivity index (χ1n) is 6.64. The molecule has 1 aromatic carbocycles. The van der Waals surface area contributed by atoms with E-state index in [0.29, 0.717) is 24.1 Å². The first-order valence-corrected chi connectivity index (χ1v) is 8.95. The minimum Gasteiger partial charge on any atom is -0.335 e. The predicted molar refractivity (Wildman–Crippen MR) is 78.4 cm³/mol. The Morgan fingerprint density at radius 2 is 2.05 bits per heavy atom. The van der Waals surface area contributed by atoms with E-state index in [1.54, 1.807) is 12.1 Å². The summed E-state index contributed by atoms with van der Waals surface area (Å²) in [5.41, 5.74) is 0.374. The third-order valence-electron chi connectivity index (χ3n) is 3.17. The summed E-state index contributed by atoms with van der Waals surface area (Å²) in [6.45, 7) is 4.80. The summed E-state index contributed by atoms with van der Waals surface area (Å²) in [6.07, 6.45) is 2.04. The van der Waals surface area contributed by atoms with E-state index in [4.69, 9.17) is 10.7 Å². The third kappa shape index (κ3) is 3.73. The molecule has 4 nitrogen and oxygen atoms in total. The Kier molecular flexibility index (Phi) is 4.39. The summed E-state index contributed by atoms with van der Waals surface area (Å²) >= 11 is 0. The summed E-state index contributed by atoms with van der Waals surface area (Å²) in [5.74, 6) is 0.253. The van der Waals surface area contributed by atoms with Gasteiger partial charge < -0.3 is 4.90 Å². The molecule has 1 aromatic rings. The van der Waals surface area contributed by atoms with E-state index < -0.39 is 9.05 Å². The van der Waals surface area contributed by atoms with Crippen LogP contribution < -0.4 is 0 Å². The van der Waals surface area contributed by atoms with Crippen LogP contribution in [-0.2, 0) is 9.05 Å². The van der Waals surface area contributed by atoms with Gasteiger partial charge in [-0.05, 0) is 37.0 Å². The molecule has 20 heavy (non-hydrogen) atoms. The quantitative estimate of drug-likeness (QED) is 0.785. The normalized spacial score (nSPS) is 15.4. The molecule has 0 radical (unpaired) electrons. The van der Waals surface area contributed by atoms with Gasteiger partial charge in [0.15, 0.2) is 0 Å². The number of rotatable bonds is 5. The Morgan fingerprint density at radius 1 is 1.40 bits per heavy atom. The van der Waals surface area contributed by atoms with E-state index in [1.807, 2.05) is 4.90 Å². The van der Waals surface area contributed by atoms with E-state index in [0.717, 1.165) is 12.8 Å². The van der Waals surface area contributed by atoms with Crippen LogP contribution in [0.5, 0.6) is 0 Å². The summed E-state index contributed by atoms with van der Waals surface area (Å²) in [7, 11) is 1.51. The van der Waals surface area contributed by atoms with Gasteiger partial charge in [-0.2, -0.15) is 0 Å². The largest absolute Gasteiger partial charge is 0.335 e. The van der Waals surface area contributed by atoms with Crippen molar-refractivity contribution in [3.05, 3.63) is 29.8 Å². The maximum absolute atomic E-state index is 12.5. The van der Waals surface area contributed by atoms with Crippen molar-refractivity contribution in [2.45, 2.75) is 37.6 Å². The SMILES string of the molecule is CC(C)CN(C(=O)c1cccc(S(=O)(=O)Cl)c1)C1CC1. The third-order valence-corrected chi connectivity index (χ3v) is 4.52. The Morgan fingerprint density at radius 3 is 2.55 bits per heavy atom. The molecule has 110 valence electrons. The highest BCUT2D eigenvalue weighted by molar-refractivity contribution is 8.13. The highest BCUT2D eigenvalue weighted by Gasteiger charge is 2.33. The zero-order valence-electron chi connectivity index (χ0n) is 11.5. The molecule has 0 spiro atoms. The Hall–Kier alpha value is -1.07. The first-order chi connectivity index (χ1) is 9.29. The van der Waals surface area contributed by atoms with Gasteiger partial charge in [0.2, 0.25) is 0 Å². The molecule has 1 aliphatic rings. The molecule has 0 unspecified atom stereocenters. The Balaban J connectivity index is 2.27. The fourth-order valence-electron chi connectivity index (χ4n) is 2.12. The van der Waals surface area contributed by atoms with E-state index >= 15 is 0 Å². The van der Waals surface area contributed by atoms with Crippen LogP contribution >= 0.6 is 10.7 Å². The second kappa shape index (κ2) is 5.74. The highest BCUT2D eigenvalue weighted by Crippen LogP contribution is 2.29. The standard InChI is InChI=1S/C14H18ClNO3S/c1-10(2)9-16(12-6-7-12)14(17)11-4-3-5-13(8-11)20(15,18)19/h3-5,8,10,12H,6-7,9H2,1-2H3. The topological polar surface area (TPSA) is 54.5 Å². The number of carbonyl (C=O) groups excluding carboxylic acids is 1. The van der Waals surface area contributed by atoms with Gasteiger partial charge in [-0.3, -0.25) is 4.79 Å². The molecule has 1 saturated carbocycles. The van der Waals surface area contributed by atoms with Gasteiger partial charge in [-0.25, -0.2) is 8.42 Å². The van der Waals surface area contributed by atoms with E-state index in [2.05, 4.69) is 13.8 Å². The predicted octanol–water partition coefficient (Wildman–Crippen LogP) is 2.87. The molecule has 1 aliphatic carbocycles. The van der Waals surface area contributed by atoms with Gasteiger partial charge in [0.1, 0.15) is 0 Å². The number of hydrogen-bond donors (Lipinski definition) is 0. The Labute approximate surface area is 124 Å². The van der Waals surface area contributed by atoms with Crippen molar-refractivity contribution in [3.8, 4) is 0 Å². The van der Waals surface area contributed by atoms with Crippen molar-refractivity contribution in [2.24, 2.45) is 5.92 Å². The Bertz CT molecular complexity index is 609. The molecular formula is C14H18ClNO3S. The lowest BCUT2D eigenvalue weighted by atomic mass is 10.1. The molecule has 0 bridgehead atoms. The van der Waals surface area contributed by atoms with Crippen molar-refractivity contribution >= 4 is 25.6 Å². The molecule has 0 aromatic heterocycles. The lowest BCUT2D eigenvalue weighted by Crippen LogP contribution is -2.36. The first kappa shape index (κ1) is 15.3. The van der Waals surface area contributed by atoms with Gasteiger partial charge in [0.05, 0.1) is 4.90 Å². The highest BCUT2D eigenvalue weighted by atomic mass is 35.7. The summed E-state index contributed by atoms with van der Waals surface area (Å²) in [5, 5.41) is 0. The molecule has 0 aliphatic heterocycles. The van der Waals surface area contributed by atoms with Gasteiger partial charge in [0.25, 0.3) is 15.0 Å². The number of nitrogens with zero attached hydrogens (tertiary/aromatic N) is 1. The zero-order chi connectivity index (χ0) is 14.9. The van der Waals surface area contributed by atoms with E-state index in [-0.39, 0.29) is 10.8 Å². The van der Waals surface area contributed by atoms with Crippen LogP contribution in [0.2, 0.25) is 0 Å². The van der Waals surface area contributed by atoms with Crippen molar-refractivity contribution in [2.75, 3.05) is 6.54 Å². The maximum Gasteiger partial charge on any atom is 0.261 e. The van der Waals surface area contributed by atoms with Crippen LogP contribution in [0.1, 0.15) is 37.0 Å². The van der Waals surface area contributed by atoms with Crippen LogP contribution in [0.4, 0.5) is 0 Å². The van der Waals surface area contributed by atoms with Crippen molar-refractivity contribution in [1.29, 1.82) is 0 Å². The molecule has 0 atom stereocenters. The maximum atomic E-state index is 12.5. The average Bonchev–Trinajstić information content (AvgIpc) is 3.18. The number of hydrogen-bond acceptors (Lipinski definition) is 3. The van der Waals surface area contributed by atoms with Gasteiger partial charge in [0, 0.05) is 28.8 Å². The molecule has 2 rings (SSSR count). The van der Waals surface area contributed by atoms with Gasteiger partial charge >= 0.3 is 0 Å². The fourth-order valence-corrected chi connectivity index (χ4v) is 2.92. The monoisotopic (exact) mass is 315 g/mol. The van der Waals surface area contributed by atoms with Crippen LogP contribution in [0.15, 0.2) is 29.2 Å². The molecule has 6 heteroatoms. The summed E-state index contributed by atoms with van der Waals surface area (Å²) < 4.78 is 22.7. The van der Waals surface area contributed by atoms with E-state index in [9.17, 15) is 13.2 Å². The number of carbonyl (C=O) groups is 1. The molecule has 0 N–H and O–H groups in total. The molecule has 0 saturated heterocycles. The summed E-state index contributed by atoms with van der Waals surface area (Å²) in [4.78, 5) is 14.3. The number of benzene rings is 1. The lowest BCUT2D eigenvalue weighted by molar-refractivity contribution is 0.0722. The second-order valence-corrected chi connectivity index (χ2v) is 8.11. The minimum atomic E-state index is -3.81. The summed E-state index contributed by atoms with van der Waals surface area (Å²) in [6, 6.07) is 6.21. The molecular weight excluding hydrogens is 298 g/mol. The smallest absolute Gasteiger partial charge is 0.261 e. The average molecular weight is 316 g/mol. The minimum absolute atomic E-state index is 0.0367. The van der Waals surface area contributed by atoms with Crippen LogP contribution in [0.25, 0.3) is 0 Å². The van der Waals surface area contributed by atoms with Gasteiger partial charge in [-0.15, -0.1) is 0 Å². The van der Waals surface area contributed by atoms with Crippen LogP contribution in [0.3, 0.4) is 0 Å². The van der Waals surface area contributed by atoms with Crippen LogP contribution in [0, 0.1) is 5.92 Å². The number of halogens is 1. The van der Waals surface area contributed by atoms with Crippen molar-refractivity contribution < 1.29 is 13.2 Å². The number of amides is 1. The molecule has 1 fully saturated rings. The second-order valence-electron chi connectivity index (χ2n) is 5.55. The van der Waals surface area contributed by atoms with Crippen molar-refractivity contribution in [3.63, 3.8) is 0 Å². The van der Waals surface area contributed by atoms with E-state index in [1.165, 1.54) is 12.1 Å². The fraction of sp³-hybridized carbons (Fsp3) is 0.500. The van der Waals surface area contributed by atoms with Crippen molar-refractivity contribution in [1.82, 2.24) is 4.90 Å². The zero-order valence-corrected chi connectivity index (χ0v) is 13.1. The molecule has 0 heterocycles. The lowest BCUT2D eigenvalue weighted by Gasteiger charge is -2.24. The van der Waals surface area contributed by atoms with Gasteiger partial charge in [-0.1, -0.05) is 19.9 Å². The molecule has 1 amide bonds.